The number of likely N-dealkylation sites (tertiary alicyclic amines) is 1. The molecule has 1 aromatic rings. The van der Waals surface area contributed by atoms with Gasteiger partial charge in [0.25, 0.3) is 0 Å². The Morgan fingerprint density at radius 1 is 1.19 bits per heavy atom. The van der Waals surface area contributed by atoms with E-state index in [-0.39, 0.29) is 0 Å². The molecule has 0 aliphatic carbocycles. The van der Waals surface area contributed by atoms with E-state index in [0.29, 0.717) is 6.04 Å². The minimum absolute atomic E-state index is 0.378. The molecule has 2 aliphatic heterocycles. The van der Waals surface area contributed by atoms with Gasteiger partial charge in [0.2, 0.25) is 0 Å². The van der Waals surface area contributed by atoms with Gasteiger partial charge in [0, 0.05) is 38.2 Å². The molecule has 3 heterocycles. The van der Waals surface area contributed by atoms with Gasteiger partial charge in [0.05, 0.1) is 24.9 Å². The van der Waals surface area contributed by atoms with E-state index >= 15 is 0 Å². The molecule has 0 unspecified atom stereocenters. The zero-order chi connectivity index (χ0) is 14.5. The molecule has 1 atom stereocenters. The summed E-state index contributed by atoms with van der Waals surface area (Å²) in [5.74, 6) is 0.841. The highest BCUT2D eigenvalue weighted by Gasteiger charge is 2.25. The fraction of sp³-hybridized carbons (Fsp3) is 0.750. The number of ether oxygens (including phenoxy) is 1. The van der Waals surface area contributed by atoms with E-state index in [9.17, 15) is 0 Å². The minimum Gasteiger partial charge on any atom is -0.379 e. The van der Waals surface area contributed by atoms with E-state index in [4.69, 9.17) is 4.74 Å². The van der Waals surface area contributed by atoms with Gasteiger partial charge >= 0.3 is 0 Å². The van der Waals surface area contributed by atoms with Gasteiger partial charge in [0.15, 0.2) is 0 Å². The lowest BCUT2D eigenvalue weighted by molar-refractivity contribution is 0.0225. The Balaban J connectivity index is 1.46. The van der Waals surface area contributed by atoms with Crippen LogP contribution < -0.4 is 0 Å². The third-order valence-electron chi connectivity index (χ3n) is 4.83. The number of hydrogen-bond donors (Lipinski definition) is 0. The van der Waals surface area contributed by atoms with E-state index in [1.54, 1.807) is 12.4 Å². The van der Waals surface area contributed by atoms with Crippen molar-refractivity contribution in [1.82, 2.24) is 19.8 Å². The zero-order valence-electron chi connectivity index (χ0n) is 12.9. The van der Waals surface area contributed by atoms with E-state index in [2.05, 4.69) is 26.7 Å². The van der Waals surface area contributed by atoms with Crippen LogP contribution in [0.25, 0.3) is 0 Å². The summed E-state index contributed by atoms with van der Waals surface area (Å²) in [7, 11) is 0. The van der Waals surface area contributed by atoms with Gasteiger partial charge in [-0.05, 0) is 38.8 Å². The molecule has 5 heteroatoms. The summed E-state index contributed by atoms with van der Waals surface area (Å²) >= 11 is 0. The van der Waals surface area contributed by atoms with E-state index in [1.165, 1.54) is 32.5 Å². The van der Waals surface area contributed by atoms with Gasteiger partial charge in [-0.2, -0.15) is 0 Å². The first-order chi connectivity index (χ1) is 10.3. The lowest BCUT2D eigenvalue weighted by Crippen LogP contribution is -2.43. The Hall–Kier alpha value is -1.04. The highest BCUT2D eigenvalue weighted by atomic mass is 16.5. The van der Waals surface area contributed by atoms with Crippen LogP contribution in [0.2, 0.25) is 0 Å². The average molecular weight is 290 g/mol. The number of hydrogen-bond acceptors (Lipinski definition) is 5. The molecule has 116 valence electrons. The molecule has 5 nitrogen and oxygen atoms in total. The van der Waals surface area contributed by atoms with Crippen LogP contribution in [0.1, 0.15) is 31.5 Å². The minimum atomic E-state index is 0.378. The maximum atomic E-state index is 5.42. The van der Waals surface area contributed by atoms with Crippen molar-refractivity contribution < 1.29 is 4.74 Å². The number of aromatic nitrogens is 2. The summed E-state index contributed by atoms with van der Waals surface area (Å²) in [5.41, 5.74) is 1.09. The number of nitrogens with zero attached hydrogens (tertiary/aromatic N) is 4. The van der Waals surface area contributed by atoms with Crippen LogP contribution in [0.4, 0.5) is 0 Å². The van der Waals surface area contributed by atoms with Gasteiger partial charge in [-0.3, -0.25) is 19.8 Å². The second kappa shape index (κ2) is 7.29. The monoisotopic (exact) mass is 290 g/mol. The predicted molar refractivity (Wildman–Crippen MR) is 82.0 cm³/mol. The normalized spacial score (nSPS) is 24.0. The molecule has 2 aliphatic rings. The molecular formula is C16H26N4O. The molecule has 1 aromatic heterocycles. The molecule has 0 amide bonds. The van der Waals surface area contributed by atoms with Crippen molar-refractivity contribution in [2.75, 3.05) is 45.9 Å². The third kappa shape index (κ3) is 3.99. The van der Waals surface area contributed by atoms with Crippen LogP contribution in [-0.4, -0.2) is 65.7 Å². The van der Waals surface area contributed by atoms with Gasteiger partial charge in [-0.1, -0.05) is 0 Å². The molecule has 0 aromatic carbocycles. The quantitative estimate of drug-likeness (QED) is 0.842. The van der Waals surface area contributed by atoms with Crippen molar-refractivity contribution in [3.63, 3.8) is 0 Å². The maximum absolute atomic E-state index is 5.42. The van der Waals surface area contributed by atoms with Crippen molar-refractivity contribution in [1.29, 1.82) is 0 Å². The van der Waals surface area contributed by atoms with Gasteiger partial charge < -0.3 is 4.74 Å². The van der Waals surface area contributed by atoms with Crippen molar-refractivity contribution in [3.8, 4) is 0 Å². The standard InChI is InChI=1S/C16H26N4O/c1-14(16-12-17-4-5-18-16)20-6-2-15(3-7-20)13-19-8-10-21-11-9-19/h4-5,12,14-15H,2-3,6-11,13H2,1H3/t14-/m0/s1. The smallest absolute Gasteiger partial charge is 0.0755 e. The largest absolute Gasteiger partial charge is 0.379 e. The average Bonchev–Trinajstić information content (AvgIpc) is 2.57. The molecule has 2 fully saturated rings. The third-order valence-corrected chi connectivity index (χ3v) is 4.83. The van der Waals surface area contributed by atoms with Crippen LogP contribution in [0, 0.1) is 5.92 Å². The Bertz CT molecular complexity index is 414. The van der Waals surface area contributed by atoms with E-state index < -0.39 is 0 Å². The lowest BCUT2D eigenvalue weighted by Gasteiger charge is -2.38. The fourth-order valence-corrected chi connectivity index (χ4v) is 3.39. The van der Waals surface area contributed by atoms with Crippen LogP contribution in [0.5, 0.6) is 0 Å². The van der Waals surface area contributed by atoms with Gasteiger partial charge in [-0.15, -0.1) is 0 Å². The molecular weight excluding hydrogens is 264 g/mol. The Kier molecular flexibility index (Phi) is 5.17. The summed E-state index contributed by atoms with van der Waals surface area (Å²) in [6.45, 7) is 9.86. The van der Waals surface area contributed by atoms with Crippen LogP contribution >= 0.6 is 0 Å². The second-order valence-corrected chi connectivity index (χ2v) is 6.20. The second-order valence-electron chi connectivity index (χ2n) is 6.20. The predicted octanol–water partition coefficient (Wildman–Crippen LogP) is 1.58. The van der Waals surface area contributed by atoms with Crippen molar-refractivity contribution >= 4 is 0 Å². The van der Waals surface area contributed by atoms with Crippen molar-refractivity contribution in [2.45, 2.75) is 25.8 Å². The zero-order valence-corrected chi connectivity index (χ0v) is 12.9. The molecule has 0 radical (unpaired) electrons. The molecule has 21 heavy (non-hydrogen) atoms. The van der Waals surface area contributed by atoms with E-state index in [0.717, 1.165) is 37.9 Å². The number of morpholine rings is 1. The summed E-state index contributed by atoms with van der Waals surface area (Å²) in [6, 6.07) is 0.378. The van der Waals surface area contributed by atoms with Crippen molar-refractivity contribution in [3.05, 3.63) is 24.3 Å². The fourth-order valence-electron chi connectivity index (χ4n) is 3.39. The first kappa shape index (κ1) is 14.9. The maximum Gasteiger partial charge on any atom is 0.0755 e. The molecule has 0 saturated carbocycles. The molecule has 0 bridgehead atoms. The summed E-state index contributed by atoms with van der Waals surface area (Å²) in [6.07, 6.45) is 8.01. The van der Waals surface area contributed by atoms with E-state index in [1.807, 2.05) is 6.20 Å². The van der Waals surface area contributed by atoms with Crippen molar-refractivity contribution in [2.24, 2.45) is 5.92 Å². The summed E-state index contributed by atoms with van der Waals surface area (Å²) < 4.78 is 5.42. The van der Waals surface area contributed by atoms with Crippen LogP contribution in [0.15, 0.2) is 18.6 Å². The molecule has 0 spiro atoms. The Morgan fingerprint density at radius 2 is 1.95 bits per heavy atom. The topological polar surface area (TPSA) is 41.5 Å². The Labute approximate surface area is 127 Å². The Morgan fingerprint density at radius 3 is 2.62 bits per heavy atom. The number of piperidine rings is 1. The highest BCUT2D eigenvalue weighted by Crippen LogP contribution is 2.25. The van der Waals surface area contributed by atoms with Gasteiger partial charge in [0.1, 0.15) is 0 Å². The first-order valence-electron chi connectivity index (χ1n) is 8.13. The SMILES string of the molecule is C[C@@H](c1cnccn1)N1CCC(CN2CCOCC2)CC1. The first-order valence-corrected chi connectivity index (χ1v) is 8.13. The molecule has 0 N–H and O–H groups in total. The lowest BCUT2D eigenvalue weighted by atomic mass is 9.94. The van der Waals surface area contributed by atoms with Crippen LogP contribution in [0.3, 0.4) is 0 Å². The van der Waals surface area contributed by atoms with Crippen LogP contribution in [-0.2, 0) is 4.74 Å². The highest BCUT2D eigenvalue weighted by molar-refractivity contribution is 5.01. The summed E-state index contributed by atoms with van der Waals surface area (Å²) in [5, 5.41) is 0. The van der Waals surface area contributed by atoms with Gasteiger partial charge in [-0.25, -0.2) is 0 Å². The molecule has 3 rings (SSSR count). The summed E-state index contributed by atoms with van der Waals surface area (Å²) in [4.78, 5) is 13.7. The number of rotatable bonds is 4. The molecule has 2 saturated heterocycles.